The first-order chi connectivity index (χ1) is 13.1. The molecule has 2 aliphatic carbocycles. The molecule has 0 saturated heterocycles. The van der Waals surface area contributed by atoms with Gasteiger partial charge in [-0.1, -0.05) is 30.3 Å². The van der Waals surface area contributed by atoms with Gasteiger partial charge in [0.1, 0.15) is 11.5 Å². The molecule has 0 aromatic heterocycles. The molecule has 5 heteroatoms. The number of nitrogens with two attached hydrogens (primary N) is 1. The highest BCUT2D eigenvalue weighted by molar-refractivity contribution is 5.77. The number of methoxy groups -OCH3 is 1. The van der Waals surface area contributed by atoms with Crippen molar-refractivity contribution in [2.24, 2.45) is 5.73 Å². The number of carbonyl (C=O) groups is 1. The lowest BCUT2D eigenvalue weighted by atomic mass is 9.98. The van der Waals surface area contributed by atoms with E-state index in [0.29, 0.717) is 12.2 Å². The van der Waals surface area contributed by atoms with Crippen LogP contribution in [-0.4, -0.2) is 25.3 Å². The van der Waals surface area contributed by atoms with E-state index in [0.717, 1.165) is 53.9 Å². The minimum Gasteiger partial charge on any atom is -0.490 e. The minimum atomic E-state index is -0.383. The Bertz CT molecular complexity index is 777. The van der Waals surface area contributed by atoms with Crippen molar-refractivity contribution in [3.8, 4) is 22.6 Å². The topological polar surface area (TPSA) is 70.8 Å². The molecule has 5 nitrogen and oxygen atoms in total. The van der Waals surface area contributed by atoms with Crippen molar-refractivity contribution in [3.63, 3.8) is 0 Å². The predicted molar refractivity (Wildman–Crippen MR) is 103 cm³/mol. The average Bonchev–Trinajstić information content (AvgIpc) is 3.59. The molecule has 1 atom stereocenters. The van der Waals surface area contributed by atoms with Crippen LogP contribution in [-0.2, 0) is 9.53 Å². The fourth-order valence-electron chi connectivity index (χ4n) is 3.00. The molecular formula is C22H25NO4. The molecule has 0 bridgehead atoms. The van der Waals surface area contributed by atoms with Gasteiger partial charge in [-0.3, -0.25) is 4.79 Å². The van der Waals surface area contributed by atoms with Gasteiger partial charge >= 0.3 is 5.97 Å². The van der Waals surface area contributed by atoms with Crippen LogP contribution in [0.4, 0.5) is 0 Å². The molecule has 2 N–H and O–H groups in total. The van der Waals surface area contributed by atoms with Crippen LogP contribution in [0.25, 0.3) is 11.1 Å². The van der Waals surface area contributed by atoms with Gasteiger partial charge in [0.05, 0.1) is 31.3 Å². The molecule has 2 fully saturated rings. The second-order valence-corrected chi connectivity index (χ2v) is 7.27. The van der Waals surface area contributed by atoms with Gasteiger partial charge in [-0.15, -0.1) is 0 Å². The standard InChI is InChI=1S/C22H25NO4/c1-25-21(24)13-18(23)14-5-7-15(8-6-14)22-19(26-16-9-10-16)3-2-4-20(22)27-17-11-12-17/h2-8,16-18H,9-13,23H2,1H3/t18-/m1/s1. The molecule has 0 radical (unpaired) electrons. The summed E-state index contributed by atoms with van der Waals surface area (Å²) in [6.07, 6.45) is 5.21. The maximum atomic E-state index is 11.5. The van der Waals surface area contributed by atoms with Crippen molar-refractivity contribution in [2.45, 2.75) is 50.4 Å². The van der Waals surface area contributed by atoms with Gasteiger partial charge < -0.3 is 19.9 Å². The summed E-state index contributed by atoms with van der Waals surface area (Å²) in [5, 5.41) is 0. The van der Waals surface area contributed by atoms with Gasteiger partial charge in [0.15, 0.2) is 0 Å². The second-order valence-electron chi connectivity index (χ2n) is 7.27. The summed E-state index contributed by atoms with van der Waals surface area (Å²) >= 11 is 0. The molecule has 142 valence electrons. The van der Waals surface area contributed by atoms with Gasteiger partial charge in [-0.2, -0.15) is 0 Å². The van der Waals surface area contributed by atoms with Crippen LogP contribution in [0.5, 0.6) is 11.5 Å². The Morgan fingerprint density at radius 2 is 1.56 bits per heavy atom. The summed E-state index contributed by atoms with van der Waals surface area (Å²) in [6.45, 7) is 0. The third-order valence-electron chi connectivity index (χ3n) is 4.87. The maximum absolute atomic E-state index is 11.5. The monoisotopic (exact) mass is 367 g/mol. The fraction of sp³-hybridized carbons (Fsp3) is 0.409. The zero-order valence-corrected chi connectivity index (χ0v) is 15.5. The fourth-order valence-corrected chi connectivity index (χ4v) is 3.00. The molecule has 2 aromatic rings. The summed E-state index contributed by atoms with van der Waals surface area (Å²) in [5.41, 5.74) is 9.03. The molecule has 0 amide bonds. The second kappa shape index (κ2) is 7.61. The number of esters is 1. The van der Waals surface area contributed by atoms with Crippen molar-refractivity contribution in [1.82, 2.24) is 0 Å². The highest BCUT2D eigenvalue weighted by atomic mass is 16.5. The van der Waals surface area contributed by atoms with Gasteiger partial charge in [0.25, 0.3) is 0 Å². The van der Waals surface area contributed by atoms with E-state index >= 15 is 0 Å². The first-order valence-corrected chi connectivity index (χ1v) is 9.53. The van der Waals surface area contributed by atoms with E-state index in [9.17, 15) is 4.79 Å². The molecule has 2 aliphatic rings. The Labute approximate surface area is 159 Å². The Balaban J connectivity index is 1.61. The molecular weight excluding hydrogens is 342 g/mol. The summed E-state index contributed by atoms with van der Waals surface area (Å²) in [7, 11) is 1.37. The molecule has 0 spiro atoms. The lowest BCUT2D eigenvalue weighted by Gasteiger charge is -2.17. The number of rotatable bonds is 8. The van der Waals surface area contributed by atoms with Gasteiger partial charge in [-0.25, -0.2) is 0 Å². The smallest absolute Gasteiger partial charge is 0.307 e. The molecule has 2 saturated carbocycles. The van der Waals surface area contributed by atoms with Crippen LogP contribution in [0.1, 0.15) is 43.7 Å². The van der Waals surface area contributed by atoms with Crippen LogP contribution < -0.4 is 15.2 Å². The van der Waals surface area contributed by atoms with Gasteiger partial charge in [0.2, 0.25) is 0 Å². The van der Waals surface area contributed by atoms with Crippen LogP contribution >= 0.6 is 0 Å². The minimum absolute atomic E-state index is 0.160. The molecule has 4 rings (SSSR count). The zero-order chi connectivity index (χ0) is 18.8. The predicted octanol–water partition coefficient (Wildman–Crippen LogP) is 4.00. The molecule has 2 aromatic carbocycles. The number of ether oxygens (including phenoxy) is 3. The summed E-state index contributed by atoms with van der Waals surface area (Å²) < 4.78 is 17.0. The molecule has 27 heavy (non-hydrogen) atoms. The van der Waals surface area contributed by atoms with E-state index in [1.165, 1.54) is 7.11 Å². The quantitative estimate of drug-likeness (QED) is 0.714. The first kappa shape index (κ1) is 17.9. The van der Waals surface area contributed by atoms with E-state index < -0.39 is 0 Å². The van der Waals surface area contributed by atoms with E-state index in [1.54, 1.807) is 0 Å². The van der Waals surface area contributed by atoms with Crippen molar-refractivity contribution >= 4 is 5.97 Å². The normalized spacial score (nSPS) is 17.3. The summed E-state index contributed by atoms with van der Waals surface area (Å²) in [6, 6.07) is 13.6. The summed E-state index contributed by atoms with van der Waals surface area (Å²) in [5.74, 6) is 1.42. The highest BCUT2D eigenvalue weighted by Gasteiger charge is 2.28. The number of benzene rings is 2. The van der Waals surface area contributed by atoms with Gasteiger partial charge in [0, 0.05) is 6.04 Å². The van der Waals surface area contributed by atoms with E-state index in [2.05, 4.69) is 0 Å². The highest BCUT2D eigenvalue weighted by Crippen LogP contribution is 2.43. The van der Waals surface area contributed by atoms with Crippen LogP contribution in [0.3, 0.4) is 0 Å². The lowest BCUT2D eigenvalue weighted by Crippen LogP contribution is -2.16. The number of hydrogen-bond acceptors (Lipinski definition) is 5. The third kappa shape index (κ3) is 4.42. The number of carbonyl (C=O) groups excluding carboxylic acids is 1. The van der Waals surface area contributed by atoms with E-state index in [1.807, 2.05) is 42.5 Å². The van der Waals surface area contributed by atoms with Crippen molar-refractivity contribution in [3.05, 3.63) is 48.0 Å². The molecule has 0 aliphatic heterocycles. The average molecular weight is 367 g/mol. The van der Waals surface area contributed by atoms with Crippen LogP contribution in [0, 0.1) is 0 Å². The number of hydrogen-bond donors (Lipinski definition) is 1. The van der Waals surface area contributed by atoms with Crippen molar-refractivity contribution in [2.75, 3.05) is 7.11 Å². The largest absolute Gasteiger partial charge is 0.490 e. The van der Waals surface area contributed by atoms with Crippen molar-refractivity contribution < 1.29 is 19.0 Å². The molecule has 0 heterocycles. The lowest BCUT2D eigenvalue weighted by molar-refractivity contribution is -0.141. The van der Waals surface area contributed by atoms with Crippen LogP contribution in [0.2, 0.25) is 0 Å². The summed E-state index contributed by atoms with van der Waals surface area (Å²) in [4.78, 5) is 11.5. The Morgan fingerprint density at radius 1 is 1.00 bits per heavy atom. The first-order valence-electron chi connectivity index (χ1n) is 9.53. The van der Waals surface area contributed by atoms with E-state index in [-0.39, 0.29) is 18.4 Å². The Hall–Kier alpha value is -2.53. The Morgan fingerprint density at radius 3 is 2.04 bits per heavy atom. The van der Waals surface area contributed by atoms with Gasteiger partial charge in [-0.05, 0) is 48.9 Å². The Kier molecular flexibility index (Phi) is 5.03. The maximum Gasteiger partial charge on any atom is 0.307 e. The van der Waals surface area contributed by atoms with Crippen LogP contribution in [0.15, 0.2) is 42.5 Å². The van der Waals surface area contributed by atoms with E-state index in [4.69, 9.17) is 19.9 Å². The SMILES string of the molecule is COC(=O)C[C@@H](N)c1ccc(-c2c(OC3CC3)cccc2OC2CC2)cc1. The zero-order valence-electron chi connectivity index (χ0n) is 15.5. The molecule has 0 unspecified atom stereocenters. The van der Waals surface area contributed by atoms with Crippen molar-refractivity contribution in [1.29, 1.82) is 0 Å². The third-order valence-corrected chi connectivity index (χ3v) is 4.87.